The number of thiophene rings is 2. The molecule has 3 aromatic carbocycles. The molecule has 0 fully saturated rings. The fraction of sp³-hybridized carbons (Fsp3) is 0.375. The van der Waals surface area contributed by atoms with Crippen LogP contribution in [0.15, 0.2) is 95.7 Å². The third-order valence-electron chi connectivity index (χ3n) is 10.2. The SMILES string of the molecule is CCCCCCCCOc1cc2c(cc1OCCCCCCCC)/C(=C(\c1ccc(OC)cc1)c1cccs1)C(c1cccs1)=C2c1ccc(OC)cc1. The summed E-state index contributed by atoms with van der Waals surface area (Å²) in [5.74, 6) is 3.33. The molecule has 6 heteroatoms. The van der Waals surface area contributed by atoms with E-state index >= 15 is 0 Å². The van der Waals surface area contributed by atoms with Gasteiger partial charge in [0.2, 0.25) is 0 Å². The zero-order valence-corrected chi connectivity index (χ0v) is 34.2. The van der Waals surface area contributed by atoms with Crippen LogP contribution in [0, 0.1) is 0 Å². The van der Waals surface area contributed by atoms with Crippen LogP contribution in [0.5, 0.6) is 23.0 Å². The molecule has 284 valence electrons. The van der Waals surface area contributed by atoms with Crippen LogP contribution in [0.3, 0.4) is 0 Å². The van der Waals surface area contributed by atoms with Crippen molar-refractivity contribution in [3.63, 3.8) is 0 Å². The zero-order chi connectivity index (χ0) is 37.5. The molecule has 1 aliphatic rings. The first-order valence-electron chi connectivity index (χ1n) is 20.0. The Morgan fingerprint density at radius 3 is 1.61 bits per heavy atom. The smallest absolute Gasteiger partial charge is 0.161 e. The van der Waals surface area contributed by atoms with Crippen molar-refractivity contribution in [2.75, 3.05) is 27.4 Å². The van der Waals surface area contributed by atoms with Gasteiger partial charge in [-0.2, -0.15) is 0 Å². The molecule has 2 heterocycles. The lowest BCUT2D eigenvalue weighted by Gasteiger charge is -2.18. The quantitative estimate of drug-likeness (QED) is 0.0658. The van der Waals surface area contributed by atoms with Gasteiger partial charge in [-0.15, -0.1) is 22.7 Å². The molecule has 0 radical (unpaired) electrons. The predicted molar refractivity (Wildman–Crippen MR) is 231 cm³/mol. The van der Waals surface area contributed by atoms with Gasteiger partial charge in [0, 0.05) is 26.5 Å². The Kier molecular flexibility index (Phi) is 14.9. The van der Waals surface area contributed by atoms with E-state index in [0.29, 0.717) is 13.2 Å². The van der Waals surface area contributed by atoms with Gasteiger partial charge in [-0.25, -0.2) is 0 Å². The molecule has 0 unspecified atom stereocenters. The van der Waals surface area contributed by atoms with Gasteiger partial charge in [0.05, 0.1) is 27.4 Å². The minimum absolute atomic E-state index is 0.671. The summed E-state index contributed by atoms with van der Waals surface area (Å²) in [6.45, 7) is 5.88. The Bertz CT molecular complexity index is 1940. The number of hydrogen-bond donors (Lipinski definition) is 0. The highest BCUT2D eigenvalue weighted by Crippen LogP contribution is 2.56. The largest absolute Gasteiger partial charge is 0.497 e. The minimum atomic E-state index is 0.671. The summed E-state index contributed by atoms with van der Waals surface area (Å²) in [5.41, 5.74) is 9.42. The molecule has 0 N–H and O–H groups in total. The van der Waals surface area contributed by atoms with Crippen LogP contribution in [0.2, 0.25) is 0 Å². The average molecular weight is 761 g/mol. The van der Waals surface area contributed by atoms with Crippen molar-refractivity contribution in [2.45, 2.75) is 90.9 Å². The number of unbranched alkanes of at least 4 members (excludes halogenated alkanes) is 10. The van der Waals surface area contributed by atoms with E-state index in [4.69, 9.17) is 18.9 Å². The summed E-state index contributed by atoms with van der Waals surface area (Å²) in [4.78, 5) is 2.43. The molecule has 0 aliphatic heterocycles. The molecule has 1 aliphatic carbocycles. The fourth-order valence-electron chi connectivity index (χ4n) is 7.30. The first-order chi connectivity index (χ1) is 26.7. The third-order valence-corrected chi connectivity index (χ3v) is 12.0. The van der Waals surface area contributed by atoms with Gasteiger partial charge in [0.1, 0.15) is 11.5 Å². The van der Waals surface area contributed by atoms with Crippen LogP contribution in [0.25, 0.3) is 22.3 Å². The van der Waals surface area contributed by atoms with Crippen LogP contribution in [-0.2, 0) is 0 Å². The number of methoxy groups -OCH3 is 2. The lowest BCUT2D eigenvalue weighted by Crippen LogP contribution is -2.04. The maximum atomic E-state index is 6.74. The number of allylic oxidation sites excluding steroid dienone is 2. The fourth-order valence-corrected chi connectivity index (χ4v) is 8.88. The van der Waals surface area contributed by atoms with Gasteiger partial charge in [-0.05, 0) is 100.0 Å². The van der Waals surface area contributed by atoms with Crippen LogP contribution in [0.1, 0.15) is 123 Å². The second-order valence-electron chi connectivity index (χ2n) is 14.0. The molecule has 54 heavy (non-hydrogen) atoms. The van der Waals surface area contributed by atoms with Crippen LogP contribution < -0.4 is 18.9 Å². The number of rotatable bonds is 22. The average Bonchev–Trinajstić information content (AvgIpc) is 4.00. The summed E-state index contributed by atoms with van der Waals surface area (Å²) in [5, 5.41) is 4.35. The van der Waals surface area contributed by atoms with Gasteiger partial charge in [-0.3, -0.25) is 0 Å². The maximum Gasteiger partial charge on any atom is 0.161 e. The highest BCUT2D eigenvalue weighted by Gasteiger charge is 2.34. The molecular weight excluding hydrogens is 705 g/mol. The van der Waals surface area contributed by atoms with E-state index in [9.17, 15) is 0 Å². The highest BCUT2D eigenvalue weighted by atomic mass is 32.1. The lowest BCUT2D eigenvalue weighted by atomic mass is 9.90. The molecule has 5 aromatic rings. The van der Waals surface area contributed by atoms with E-state index in [1.807, 2.05) is 0 Å². The Hall–Kier alpha value is -4.26. The Labute approximate surface area is 331 Å². The van der Waals surface area contributed by atoms with Gasteiger partial charge >= 0.3 is 0 Å². The van der Waals surface area contributed by atoms with Crippen molar-refractivity contribution in [3.8, 4) is 23.0 Å². The summed E-state index contributed by atoms with van der Waals surface area (Å²) in [6, 6.07) is 30.3. The van der Waals surface area contributed by atoms with Crippen LogP contribution in [-0.4, -0.2) is 27.4 Å². The number of fused-ring (bicyclic) bond motifs is 1. The molecule has 0 saturated carbocycles. The minimum Gasteiger partial charge on any atom is -0.497 e. The topological polar surface area (TPSA) is 36.9 Å². The second-order valence-corrected chi connectivity index (χ2v) is 15.9. The van der Waals surface area contributed by atoms with Gasteiger partial charge in [-0.1, -0.05) is 114 Å². The molecule has 0 atom stereocenters. The first kappa shape index (κ1) is 39.4. The van der Waals surface area contributed by atoms with Gasteiger partial charge < -0.3 is 18.9 Å². The van der Waals surface area contributed by atoms with Crippen molar-refractivity contribution in [1.82, 2.24) is 0 Å². The molecule has 6 rings (SSSR count). The highest BCUT2D eigenvalue weighted by molar-refractivity contribution is 7.12. The van der Waals surface area contributed by atoms with Crippen molar-refractivity contribution < 1.29 is 18.9 Å². The first-order valence-corrected chi connectivity index (χ1v) is 21.7. The van der Waals surface area contributed by atoms with E-state index in [-0.39, 0.29) is 0 Å². The molecule has 0 spiro atoms. The molecular formula is C48H56O4S2. The third kappa shape index (κ3) is 9.69. The van der Waals surface area contributed by atoms with E-state index in [1.165, 1.54) is 96.3 Å². The van der Waals surface area contributed by atoms with E-state index in [0.717, 1.165) is 58.1 Å². The Balaban J connectivity index is 1.53. The summed E-state index contributed by atoms with van der Waals surface area (Å²) < 4.78 is 24.7. The molecule has 2 aromatic heterocycles. The van der Waals surface area contributed by atoms with Gasteiger partial charge in [0.15, 0.2) is 11.5 Å². The van der Waals surface area contributed by atoms with Crippen molar-refractivity contribution in [1.29, 1.82) is 0 Å². The normalized spacial score (nSPS) is 13.3. The predicted octanol–water partition coefficient (Wildman–Crippen LogP) is 14.2. The zero-order valence-electron chi connectivity index (χ0n) is 32.6. The Morgan fingerprint density at radius 2 is 1.07 bits per heavy atom. The molecule has 0 saturated heterocycles. The van der Waals surface area contributed by atoms with Crippen molar-refractivity contribution in [3.05, 3.63) is 128 Å². The number of benzene rings is 3. The molecule has 0 bridgehead atoms. The summed E-state index contributed by atoms with van der Waals surface area (Å²) in [6.07, 6.45) is 14.6. The number of hydrogen-bond acceptors (Lipinski definition) is 6. The summed E-state index contributed by atoms with van der Waals surface area (Å²) in [7, 11) is 3.44. The second kappa shape index (κ2) is 20.4. The van der Waals surface area contributed by atoms with Gasteiger partial charge in [0.25, 0.3) is 0 Å². The summed E-state index contributed by atoms with van der Waals surface area (Å²) >= 11 is 3.55. The van der Waals surface area contributed by atoms with Crippen LogP contribution >= 0.6 is 22.7 Å². The standard InChI is InChI=1S/C48H56O4S2/c1-5-7-9-11-13-15-29-51-41-33-39-40(34-42(41)52-30-16-14-12-10-8-6-2)47(46(43-19-17-31-53-43)36-23-27-38(50-4)28-24-36)48(44-20-18-32-54-44)45(39)35-21-25-37(49-3)26-22-35/h17-28,31-34H,5-16,29-30H2,1-4H3/b47-46-. The maximum absolute atomic E-state index is 6.74. The van der Waals surface area contributed by atoms with Crippen LogP contribution in [0.4, 0.5) is 0 Å². The monoisotopic (exact) mass is 760 g/mol. The molecule has 4 nitrogen and oxygen atoms in total. The lowest BCUT2D eigenvalue weighted by molar-refractivity contribution is 0.258. The van der Waals surface area contributed by atoms with Crippen molar-refractivity contribution in [2.24, 2.45) is 0 Å². The molecule has 0 amide bonds. The van der Waals surface area contributed by atoms with Crippen molar-refractivity contribution >= 4 is 45.0 Å². The van der Waals surface area contributed by atoms with E-state index < -0.39 is 0 Å². The Morgan fingerprint density at radius 1 is 0.537 bits per heavy atom. The van der Waals surface area contributed by atoms with E-state index in [1.54, 1.807) is 36.9 Å². The number of ether oxygens (including phenoxy) is 4. The van der Waals surface area contributed by atoms with E-state index in [2.05, 4.69) is 110 Å².